The minimum Gasteiger partial charge on any atom is -0.342 e. The van der Waals surface area contributed by atoms with Gasteiger partial charge in [0.2, 0.25) is 0 Å². The van der Waals surface area contributed by atoms with Crippen molar-refractivity contribution in [2.75, 3.05) is 0 Å². The van der Waals surface area contributed by atoms with E-state index in [2.05, 4.69) is 47.4 Å². The van der Waals surface area contributed by atoms with E-state index in [1.165, 1.54) is 16.7 Å². The summed E-state index contributed by atoms with van der Waals surface area (Å²) >= 11 is 11.9. The van der Waals surface area contributed by atoms with Gasteiger partial charge < -0.3 is 4.98 Å². The van der Waals surface area contributed by atoms with Crippen LogP contribution in [0.15, 0.2) is 66.7 Å². The highest BCUT2D eigenvalue weighted by Crippen LogP contribution is 2.21. The molecule has 0 bridgehead atoms. The molecule has 0 amide bonds. The van der Waals surface area contributed by atoms with Crippen LogP contribution in [-0.4, -0.2) is 9.97 Å². The van der Waals surface area contributed by atoms with E-state index in [-0.39, 0.29) is 0 Å². The maximum atomic E-state index is 5.98. The molecule has 2 nitrogen and oxygen atoms in total. The number of hydrogen-bond donors (Lipinski definition) is 1. The highest BCUT2D eigenvalue weighted by molar-refractivity contribution is 6.30. The van der Waals surface area contributed by atoms with E-state index in [0.29, 0.717) is 0 Å². The normalized spacial score (nSPS) is 11.2. The molecule has 0 saturated heterocycles. The average Bonchev–Trinajstić information content (AvgIpc) is 3.07. The first-order chi connectivity index (χ1) is 12.7. The third kappa shape index (κ3) is 3.92. The number of aromatic nitrogens is 2. The summed E-state index contributed by atoms with van der Waals surface area (Å²) in [7, 11) is 0. The van der Waals surface area contributed by atoms with Crippen LogP contribution in [0.25, 0.3) is 11.0 Å². The molecule has 1 aromatic heterocycles. The fraction of sp³-hybridized carbons (Fsp3) is 0.136. The van der Waals surface area contributed by atoms with Crippen molar-refractivity contribution in [2.45, 2.75) is 19.3 Å². The predicted octanol–water partition coefficient (Wildman–Crippen LogP) is 6.25. The number of aryl methyl sites for hydroxylation is 2. The Morgan fingerprint density at radius 2 is 1.38 bits per heavy atom. The molecular weight excluding hydrogens is 363 g/mol. The Labute approximate surface area is 162 Å². The van der Waals surface area contributed by atoms with E-state index in [0.717, 1.165) is 46.2 Å². The first kappa shape index (κ1) is 17.1. The molecule has 0 fully saturated rings. The Bertz CT molecular complexity index is 1020. The summed E-state index contributed by atoms with van der Waals surface area (Å²) in [5, 5.41) is 1.53. The Hall–Kier alpha value is -2.29. The Kier molecular flexibility index (Phi) is 4.96. The van der Waals surface area contributed by atoms with Crippen LogP contribution >= 0.6 is 23.2 Å². The second-order valence-electron chi connectivity index (χ2n) is 6.43. The summed E-state index contributed by atoms with van der Waals surface area (Å²) in [4.78, 5) is 8.31. The maximum absolute atomic E-state index is 5.98. The molecule has 4 heteroatoms. The van der Waals surface area contributed by atoms with Crippen molar-refractivity contribution in [1.82, 2.24) is 9.97 Å². The monoisotopic (exact) mass is 380 g/mol. The maximum Gasteiger partial charge on any atom is 0.107 e. The van der Waals surface area contributed by atoms with E-state index in [1.54, 1.807) is 0 Å². The molecule has 0 aliphatic rings. The van der Waals surface area contributed by atoms with E-state index >= 15 is 0 Å². The van der Waals surface area contributed by atoms with E-state index < -0.39 is 0 Å². The van der Waals surface area contributed by atoms with Gasteiger partial charge in [-0.25, -0.2) is 4.98 Å². The lowest BCUT2D eigenvalue weighted by atomic mass is 10.0. The van der Waals surface area contributed by atoms with Gasteiger partial charge in [0.1, 0.15) is 5.82 Å². The predicted molar refractivity (Wildman–Crippen MR) is 109 cm³/mol. The average molecular weight is 381 g/mol. The molecule has 26 heavy (non-hydrogen) atoms. The van der Waals surface area contributed by atoms with Gasteiger partial charge in [0.25, 0.3) is 0 Å². The fourth-order valence-electron chi connectivity index (χ4n) is 3.14. The number of rotatable bonds is 5. The molecule has 0 aliphatic heterocycles. The second-order valence-corrected chi connectivity index (χ2v) is 7.30. The van der Waals surface area contributed by atoms with Gasteiger partial charge >= 0.3 is 0 Å². The van der Waals surface area contributed by atoms with Crippen molar-refractivity contribution in [3.63, 3.8) is 0 Å². The van der Waals surface area contributed by atoms with Crippen molar-refractivity contribution >= 4 is 34.2 Å². The number of imidazole rings is 1. The molecule has 0 atom stereocenters. The molecular formula is C22H18Cl2N2. The van der Waals surface area contributed by atoms with Gasteiger partial charge in [-0.1, -0.05) is 59.6 Å². The lowest BCUT2D eigenvalue weighted by Crippen LogP contribution is -1.93. The molecule has 1 N–H and O–H groups in total. The SMILES string of the molecule is Clc1ccc(CCc2nc3c(Cc4ccc(Cl)cc4)cccc3[nH]2)cc1. The number of hydrogen-bond acceptors (Lipinski definition) is 1. The highest BCUT2D eigenvalue weighted by Gasteiger charge is 2.08. The Morgan fingerprint density at radius 1 is 0.731 bits per heavy atom. The van der Waals surface area contributed by atoms with E-state index in [1.807, 2.05) is 24.3 Å². The summed E-state index contributed by atoms with van der Waals surface area (Å²) in [6, 6.07) is 22.3. The quantitative estimate of drug-likeness (QED) is 0.435. The van der Waals surface area contributed by atoms with E-state index in [9.17, 15) is 0 Å². The molecule has 130 valence electrons. The van der Waals surface area contributed by atoms with Crippen LogP contribution in [0.3, 0.4) is 0 Å². The molecule has 1 heterocycles. The topological polar surface area (TPSA) is 28.7 Å². The summed E-state index contributed by atoms with van der Waals surface area (Å²) in [6.07, 6.45) is 2.65. The first-order valence-electron chi connectivity index (χ1n) is 8.63. The summed E-state index contributed by atoms with van der Waals surface area (Å²) < 4.78 is 0. The zero-order chi connectivity index (χ0) is 17.9. The van der Waals surface area contributed by atoms with Crippen molar-refractivity contribution < 1.29 is 0 Å². The zero-order valence-electron chi connectivity index (χ0n) is 14.2. The van der Waals surface area contributed by atoms with Crippen LogP contribution in [0.5, 0.6) is 0 Å². The van der Waals surface area contributed by atoms with E-state index in [4.69, 9.17) is 28.2 Å². The van der Waals surface area contributed by atoms with Crippen molar-refractivity contribution in [1.29, 1.82) is 0 Å². The molecule has 0 spiro atoms. The highest BCUT2D eigenvalue weighted by atomic mass is 35.5. The molecule has 4 aromatic rings. The fourth-order valence-corrected chi connectivity index (χ4v) is 3.39. The molecule has 0 saturated carbocycles. The zero-order valence-corrected chi connectivity index (χ0v) is 15.7. The number of nitrogens with zero attached hydrogens (tertiary/aromatic N) is 1. The van der Waals surface area contributed by atoms with Gasteiger partial charge in [0.05, 0.1) is 11.0 Å². The Morgan fingerprint density at radius 3 is 2.08 bits per heavy atom. The number of aromatic amines is 1. The molecule has 0 aliphatic carbocycles. The molecule has 0 radical (unpaired) electrons. The number of nitrogens with one attached hydrogen (secondary N) is 1. The number of fused-ring (bicyclic) bond motifs is 1. The largest absolute Gasteiger partial charge is 0.342 e. The number of H-pyrrole nitrogens is 1. The minimum absolute atomic E-state index is 0.760. The number of halogens is 2. The van der Waals surface area contributed by atoms with Gasteiger partial charge in [0, 0.05) is 16.5 Å². The summed E-state index contributed by atoms with van der Waals surface area (Å²) in [6.45, 7) is 0. The lowest BCUT2D eigenvalue weighted by Gasteiger charge is -2.03. The van der Waals surface area contributed by atoms with Crippen LogP contribution in [0.1, 0.15) is 22.5 Å². The van der Waals surface area contributed by atoms with Crippen LogP contribution in [0, 0.1) is 0 Å². The van der Waals surface area contributed by atoms with Crippen LogP contribution < -0.4 is 0 Å². The summed E-state index contributed by atoms with van der Waals surface area (Å²) in [5.41, 5.74) is 5.85. The molecule has 3 aromatic carbocycles. The third-order valence-electron chi connectivity index (χ3n) is 4.52. The smallest absolute Gasteiger partial charge is 0.107 e. The molecule has 0 unspecified atom stereocenters. The second kappa shape index (κ2) is 7.53. The van der Waals surface area contributed by atoms with Crippen molar-refractivity contribution in [3.05, 3.63) is 99.3 Å². The van der Waals surface area contributed by atoms with Crippen molar-refractivity contribution in [3.8, 4) is 0 Å². The Balaban J connectivity index is 1.54. The third-order valence-corrected chi connectivity index (χ3v) is 5.02. The standard InChI is InChI=1S/C22H18Cl2N2/c23-18-9-4-15(5-10-18)8-13-21-25-20-3-1-2-17(22(20)26-21)14-16-6-11-19(24)12-7-16/h1-7,9-12H,8,13-14H2,(H,25,26). The lowest BCUT2D eigenvalue weighted by molar-refractivity contribution is 0.889. The van der Waals surface area contributed by atoms with Gasteiger partial charge in [-0.05, 0) is 59.9 Å². The van der Waals surface area contributed by atoms with Gasteiger partial charge in [-0.3, -0.25) is 0 Å². The van der Waals surface area contributed by atoms with Gasteiger partial charge in [-0.2, -0.15) is 0 Å². The van der Waals surface area contributed by atoms with Crippen LogP contribution in [0.2, 0.25) is 10.0 Å². The number of benzene rings is 3. The first-order valence-corrected chi connectivity index (χ1v) is 9.38. The van der Waals surface area contributed by atoms with Gasteiger partial charge in [-0.15, -0.1) is 0 Å². The van der Waals surface area contributed by atoms with Gasteiger partial charge in [0.15, 0.2) is 0 Å². The summed E-state index contributed by atoms with van der Waals surface area (Å²) in [5.74, 6) is 1.01. The number of para-hydroxylation sites is 1. The molecule has 4 rings (SSSR count). The van der Waals surface area contributed by atoms with Crippen molar-refractivity contribution in [2.24, 2.45) is 0 Å². The van der Waals surface area contributed by atoms with Crippen LogP contribution in [-0.2, 0) is 19.3 Å². The van der Waals surface area contributed by atoms with Crippen LogP contribution in [0.4, 0.5) is 0 Å². The minimum atomic E-state index is 0.760.